The van der Waals surface area contributed by atoms with Gasteiger partial charge in [0, 0.05) is 18.5 Å². The van der Waals surface area contributed by atoms with E-state index in [-0.39, 0.29) is 5.60 Å². The first kappa shape index (κ1) is 19.4. The van der Waals surface area contributed by atoms with Crippen molar-refractivity contribution in [3.63, 3.8) is 0 Å². The third-order valence-corrected chi connectivity index (χ3v) is 4.51. The Labute approximate surface area is 155 Å². The van der Waals surface area contributed by atoms with E-state index in [9.17, 15) is 0 Å². The molecule has 0 atom stereocenters. The molecule has 136 valence electrons. The van der Waals surface area contributed by atoms with Gasteiger partial charge >= 0.3 is 0 Å². The minimum Gasteiger partial charge on any atom is -0.493 e. The summed E-state index contributed by atoms with van der Waals surface area (Å²) in [5.41, 5.74) is 2.20. The number of nitrogens with zero attached hydrogens (tertiary/aromatic N) is 2. The number of ether oxygens (including phenoxy) is 1. The smallest absolute Gasteiger partial charge is 0.206 e. The molecule has 0 saturated heterocycles. The summed E-state index contributed by atoms with van der Waals surface area (Å²) in [4.78, 5) is 0. The van der Waals surface area contributed by atoms with Gasteiger partial charge in [-0.05, 0) is 39.2 Å². The van der Waals surface area contributed by atoms with E-state index in [2.05, 4.69) is 53.3 Å². The zero-order chi connectivity index (χ0) is 18.3. The van der Waals surface area contributed by atoms with Crippen molar-refractivity contribution in [2.24, 2.45) is 0 Å². The van der Waals surface area contributed by atoms with Crippen molar-refractivity contribution in [1.29, 1.82) is 0 Å². The Bertz CT molecular complexity index is 671. The number of aryl methyl sites for hydroxylation is 1. The summed E-state index contributed by atoms with van der Waals surface area (Å²) in [7, 11) is 0. The molecule has 5 heteroatoms. The molecule has 0 amide bonds. The Morgan fingerprint density at radius 1 is 1.20 bits per heavy atom. The number of benzene rings is 1. The van der Waals surface area contributed by atoms with Gasteiger partial charge < -0.3 is 10.1 Å². The van der Waals surface area contributed by atoms with Gasteiger partial charge in [0.25, 0.3) is 0 Å². The molecule has 0 fully saturated rings. The van der Waals surface area contributed by atoms with Crippen LogP contribution in [0.15, 0.2) is 36.6 Å². The standard InChI is InChI=1S/C20H29N3OS/c1-6-7-14-21-19-23-22-18(25-19)17-12-10-16(11-13-17)9-8-15(2)24-20(3,4)5/h10-13H,2,6-9,14H2,1,3-5H3,(H,21,23). The summed E-state index contributed by atoms with van der Waals surface area (Å²) in [5.74, 6) is 0.837. The summed E-state index contributed by atoms with van der Waals surface area (Å²) >= 11 is 1.60. The fourth-order valence-corrected chi connectivity index (χ4v) is 3.14. The maximum atomic E-state index is 5.78. The zero-order valence-corrected chi connectivity index (χ0v) is 16.6. The van der Waals surface area contributed by atoms with E-state index in [1.54, 1.807) is 11.3 Å². The number of hydrogen-bond acceptors (Lipinski definition) is 5. The van der Waals surface area contributed by atoms with Gasteiger partial charge in [-0.2, -0.15) is 0 Å². The van der Waals surface area contributed by atoms with Crippen LogP contribution in [-0.4, -0.2) is 22.3 Å². The van der Waals surface area contributed by atoms with Gasteiger partial charge in [-0.25, -0.2) is 0 Å². The molecule has 1 aromatic heterocycles. The SMILES string of the molecule is C=C(CCc1ccc(-c2nnc(NCCCC)s2)cc1)OC(C)(C)C. The van der Waals surface area contributed by atoms with Gasteiger partial charge in [0.15, 0.2) is 0 Å². The van der Waals surface area contributed by atoms with Crippen LogP contribution in [0.1, 0.15) is 52.5 Å². The molecule has 2 aromatic rings. The van der Waals surface area contributed by atoms with E-state index in [4.69, 9.17) is 4.74 Å². The van der Waals surface area contributed by atoms with Gasteiger partial charge in [0.05, 0.1) is 5.76 Å². The van der Waals surface area contributed by atoms with Gasteiger partial charge in [0.2, 0.25) is 5.13 Å². The first-order chi connectivity index (χ1) is 11.9. The average Bonchev–Trinajstić information content (AvgIpc) is 3.01. The summed E-state index contributed by atoms with van der Waals surface area (Å²) in [6.45, 7) is 13.3. The molecule has 2 rings (SSSR count). The quantitative estimate of drug-likeness (QED) is 0.462. The minimum absolute atomic E-state index is 0.179. The number of aromatic nitrogens is 2. The minimum atomic E-state index is -0.179. The maximum absolute atomic E-state index is 5.78. The lowest BCUT2D eigenvalue weighted by molar-refractivity contribution is 0.0480. The van der Waals surface area contributed by atoms with E-state index >= 15 is 0 Å². The number of nitrogens with one attached hydrogen (secondary N) is 1. The number of anilines is 1. The van der Waals surface area contributed by atoms with E-state index in [1.165, 1.54) is 12.0 Å². The van der Waals surface area contributed by atoms with E-state index < -0.39 is 0 Å². The first-order valence-electron chi connectivity index (χ1n) is 8.91. The van der Waals surface area contributed by atoms with Crippen LogP contribution in [0.2, 0.25) is 0 Å². The fraction of sp³-hybridized carbons (Fsp3) is 0.500. The van der Waals surface area contributed by atoms with E-state index in [0.29, 0.717) is 0 Å². The average molecular weight is 360 g/mol. The molecule has 0 bridgehead atoms. The lowest BCUT2D eigenvalue weighted by atomic mass is 10.1. The Hall–Kier alpha value is -1.88. The second-order valence-corrected chi connectivity index (χ2v) is 8.12. The number of unbranched alkanes of at least 4 members (excludes halogenated alkanes) is 1. The Kier molecular flexibility index (Phi) is 7.00. The molecule has 0 saturated carbocycles. The van der Waals surface area contributed by atoms with Gasteiger partial charge in [-0.3, -0.25) is 0 Å². The molecule has 0 aliphatic rings. The normalized spacial score (nSPS) is 11.4. The Balaban J connectivity index is 1.88. The van der Waals surface area contributed by atoms with Crippen LogP contribution in [0.4, 0.5) is 5.13 Å². The molecule has 1 N–H and O–H groups in total. The number of rotatable bonds is 9. The molecule has 4 nitrogen and oxygen atoms in total. The molecule has 1 aromatic carbocycles. The molecule has 0 unspecified atom stereocenters. The van der Waals surface area contributed by atoms with Crippen molar-refractivity contribution in [1.82, 2.24) is 10.2 Å². The largest absolute Gasteiger partial charge is 0.493 e. The van der Waals surface area contributed by atoms with Crippen LogP contribution in [0.3, 0.4) is 0 Å². The molecule has 0 aliphatic carbocycles. The van der Waals surface area contributed by atoms with Crippen molar-refractivity contribution in [2.45, 2.75) is 59.0 Å². The van der Waals surface area contributed by atoms with Gasteiger partial charge in [0.1, 0.15) is 10.6 Å². The predicted molar refractivity (Wildman–Crippen MR) is 107 cm³/mol. The topological polar surface area (TPSA) is 47.0 Å². The van der Waals surface area contributed by atoms with Crippen LogP contribution in [-0.2, 0) is 11.2 Å². The molecule has 25 heavy (non-hydrogen) atoms. The number of hydrogen-bond donors (Lipinski definition) is 1. The van der Waals surface area contributed by atoms with E-state index in [0.717, 1.165) is 47.3 Å². The van der Waals surface area contributed by atoms with Crippen LogP contribution >= 0.6 is 11.3 Å². The van der Waals surface area contributed by atoms with Crippen LogP contribution in [0.25, 0.3) is 10.6 Å². The van der Waals surface area contributed by atoms with Crippen LogP contribution in [0, 0.1) is 0 Å². The molecule has 0 aliphatic heterocycles. The summed E-state index contributed by atoms with van der Waals surface area (Å²) in [5, 5.41) is 13.7. The first-order valence-corrected chi connectivity index (χ1v) is 9.72. The highest BCUT2D eigenvalue weighted by Gasteiger charge is 2.12. The molecule has 0 radical (unpaired) electrons. The Morgan fingerprint density at radius 3 is 2.56 bits per heavy atom. The van der Waals surface area contributed by atoms with Crippen molar-refractivity contribution in [3.05, 3.63) is 42.2 Å². The second kappa shape index (κ2) is 8.99. The molecule has 1 heterocycles. The third-order valence-electron chi connectivity index (χ3n) is 3.58. The highest BCUT2D eigenvalue weighted by atomic mass is 32.1. The van der Waals surface area contributed by atoms with Crippen molar-refractivity contribution in [3.8, 4) is 10.6 Å². The highest BCUT2D eigenvalue weighted by Crippen LogP contribution is 2.27. The molecular formula is C20H29N3OS. The summed E-state index contributed by atoms with van der Waals surface area (Å²) in [6.07, 6.45) is 4.08. The second-order valence-electron chi connectivity index (χ2n) is 7.14. The molecular weight excluding hydrogens is 330 g/mol. The highest BCUT2D eigenvalue weighted by molar-refractivity contribution is 7.18. The summed E-state index contributed by atoms with van der Waals surface area (Å²) < 4.78 is 5.78. The molecule has 0 spiro atoms. The van der Waals surface area contributed by atoms with Crippen molar-refractivity contribution < 1.29 is 4.74 Å². The predicted octanol–water partition coefficient (Wildman–Crippen LogP) is 5.68. The Morgan fingerprint density at radius 2 is 1.92 bits per heavy atom. The van der Waals surface area contributed by atoms with Crippen molar-refractivity contribution in [2.75, 3.05) is 11.9 Å². The van der Waals surface area contributed by atoms with Crippen LogP contribution < -0.4 is 5.32 Å². The van der Waals surface area contributed by atoms with E-state index in [1.807, 2.05) is 20.8 Å². The third kappa shape index (κ3) is 6.86. The van der Waals surface area contributed by atoms with Crippen LogP contribution in [0.5, 0.6) is 0 Å². The lowest BCUT2D eigenvalue weighted by Gasteiger charge is -2.22. The summed E-state index contributed by atoms with van der Waals surface area (Å²) in [6, 6.07) is 8.51. The lowest BCUT2D eigenvalue weighted by Crippen LogP contribution is -2.18. The van der Waals surface area contributed by atoms with Crippen molar-refractivity contribution >= 4 is 16.5 Å². The van der Waals surface area contributed by atoms with Gasteiger partial charge in [-0.15, -0.1) is 10.2 Å². The number of allylic oxidation sites excluding steroid dienone is 1. The zero-order valence-electron chi connectivity index (χ0n) is 15.8. The monoisotopic (exact) mass is 359 g/mol. The fourth-order valence-electron chi connectivity index (χ4n) is 2.37. The maximum Gasteiger partial charge on any atom is 0.206 e. The van der Waals surface area contributed by atoms with Gasteiger partial charge in [-0.1, -0.05) is 55.5 Å².